The van der Waals surface area contributed by atoms with Gasteiger partial charge in [0.15, 0.2) is 0 Å². The minimum Gasteiger partial charge on any atom is -0.477 e. The highest BCUT2D eigenvalue weighted by Gasteiger charge is 2.54. The van der Waals surface area contributed by atoms with E-state index in [1.54, 1.807) is 61.5 Å². The van der Waals surface area contributed by atoms with E-state index in [-0.39, 0.29) is 5.70 Å². The van der Waals surface area contributed by atoms with E-state index in [0.717, 1.165) is 4.57 Å². The van der Waals surface area contributed by atoms with E-state index in [2.05, 4.69) is 15.6 Å². The fourth-order valence-corrected chi connectivity index (χ4v) is 5.69. The Morgan fingerprint density at radius 1 is 1.08 bits per heavy atom. The van der Waals surface area contributed by atoms with Crippen LogP contribution < -0.4 is 16.3 Å². The van der Waals surface area contributed by atoms with E-state index in [1.807, 2.05) is 0 Å². The van der Waals surface area contributed by atoms with Crippen LogP contribution in [0.4, 0.5) is 4.79 Å². The SMILES string of the molecule is CC1=C(C(=O)O)N2C(=O)C(NC(=O)C(NC(=O)n3c(=O)[nH]c4ccccc43)c3ccccc3)[C@@H]2SC1. The van der Waals surface area contributed by atoms with E-state index in [4.69, 9.17) is 0 Å². The third-order valence-electron chi connectivity index (χ3n) is 6.11. The number of benzene rings is 2. The number of nitrogens with one attached hydrogen (secondary N) is 3. The van der Waals surface area contributed by atoms with E-state index in [0.29, 0.717) is 27.9 Å². The molecule has 11 nitrogen and oxygen atoms in total. The molecule has 0 bridgehead atoms. The number of carboxylic acid groups (broad SMARTS) is 1. The average Bonchev–Trinajstić information content (AvgIpc) is 3.21. The summed E-state index contributed by atoms with van der Waals surface area (Å²) in [7, 11) is 0. The number of hydrogen-bond donors (Lipinski definition) is 4. The van der Waals surface area contributed by atoms with Crippen molar-refractivity contribution in [1.29, 1.82) is 0 Å². The van der Waals surface area contributed by atoms with E-state index >= 15 is 0 Å². The maximum Gasteiger partial charge on any atom is 0.352 e. The molecule has 12 heteroatoms. The van der Waals surface area contributed by atoms with Gasteiger partial charge in [-0.25, -0.2) is 19.0 Å². The lowest BCUT2D eigenvalue weighted by atomic mass is 10.0. The van der Waals surface area contributed by atoms with Crippen molar-refractivity contribution in [1.82, 2.24) is 25.1 Å². The first-order chi connectivity index (χ1) is 17.3. The number of nitrogens with zero attached hydrogens (tertiary/aromatic N) is 2. The third-order valence-corrected chi connectivity index (χ3v) is 7.54. The zero-order valence-electron chi connectivity index (χ0n) is 18.9. The van der Waals surface area contributed by atoms with Gasteiger partial charge in [-0.05, 0) is 30.2 Å². The molecule has 0 aliphatic carbocycles. The van der Waals surface area contributed by atoms with Crippen molar-refractivity contribution in [3.63, 3.8) is 0 Å². The quantitative estimate of drug-likeness (QED) is 0.381. The average molecular weight is 508 g/mol. The predicted octanol–water partition coefficient (Wildman–Crippen LogP) is 1.39. The Bertz CT molecular complexity index is 1490. The number of β-lactam (4-membered cyclic amide) rings is 1. The number of H-pyrrole nitrogens is 1. The summed E-state index contributed by atoms with van der Waals surface area (Å²) in [4.78, 5) is 67.2. The Hall–Kier alpha value is -4.32. The fourth-order valence-electron chi connectivity index (χ4n) is 4.40. The zero-order chi connectivity index (χ0) is 25.6. The number of carbonyl (C=O) groups excluding carboxylic acids is 3. The minimum atomic E-state index is -1.22. The smallest absolute Gasteiger partial charge is 0.352 e. The van der Waals surface area contributed by atoms with Crippen LogP contribution >= 0.6 is 11.8 Å². The first kappa shape index (κ1) is 23.4. The number of carbonyl (C=O) groups is 4. The maximum absolute atomic E-state index is 13.4. The highest BCUT2D eigenvalue weighted by Crippen LogP contribution is 2.40. The highest BCUT2D eigenvalue weighted by atomic mass is 32.2. The van der Waals surface area contributed by atoms with Crippen LogP contribution in [0.5, 0.6) is 0 Å². The van der Waals surface area contributed by atoms with Crippen LogP contribution in [0.1, 0.15) is 18.5 Å². The number of aliphatic carboxylic acids is 1. The molecule has 2 aromatic carbocycles. The monoisotopic (exact) mass is 507 g/mol. The van der Waals surface area contributed by atoms with Gasteiger partial charge in [0.25, 0.3) is 5.91 Å². The lowest BCUT2D eigenvalue weighted by molar-refractivity contribution is -0.151. The molecule has 184 valence electrons. The molecule has 3 heterocycles. The predicted molar refractivity (Wildman–Crippen MR) is 131 cm³/mol. The van der Waals surface area contributed by atoms with Crippen LogP contribution in [0.2, 0.25) is 0 Å². The molecule has 1 saturated heterocycles. The number of imidazole rings is 1. The number of rotatable bonds is 5. The summed E-state index contributed by atoms with van der Waals surface area (Å²) in [5.41, 5.74) is 1.09. The van der Waals surface area contributed by atoms with Crippen LogP contribution in [0.25, 0.3) is 11.0 Å². The molecule has 5 rings (SSSR count). The summed E-state index contributed by atoms with van der Waals surface area (Å²) >= 11 is 1.35. The minimum absolute atomic E-state index is 0.0686. The van der Waals surface area contributed by atoms with Crippen molar-refractivity contribution in [2.75, 3.05) is 5.75 Å². The van der Waals surface area contributed by atoms with Gasteiger partial charge in [-0.3, -0.25) is 14.5 Å². The summed E-state index contributed by atoms with van der Waals surface area (Å²) in [5, 5.41) is 14.2. The molecule has 0 saturated carbocycles. The molecule has 36 heavy (non-hydrogen) atoms. The summed E-state index contributed by atoms with van der Waals surface area (Å²) in [6, 6.07) is 12.1. The topological polar surface area (TPSA) is 154 Å². The van der Waals surface area contributed by atoms with Gasteiger partial charge in [-0.1, -0.05) is 42.5 Å². The van der Waals surface area contributed by atoms with E-state index in [1.165, 1.54) is 16.7 Å². The van der Waals surface area contributed by atoms with Crippen LogP contribution in [-0.2, 0) is 14.4 Å². The molecular formula is C24H21N5O6S. The molecule has 2 aliphatic rings. The number of carboxylic acids is 1. The summed E-state index contributed by atoms with van der Waals surface area (Å²) in [6.07, 6.45) is 0. The van der Waals surface area contributed by atoms with E-state index in [9.17, 15) is 29.1 Å². The first-order valence-electron chi connectivity index (χ1n) is 11.0. The van der Waals surface area contributed by atoms with Gasteiger partial charge >= 0.3 is 17.7 Å². The number of aromatic nitrogens is 2. The second kappa shape index (κ2) is 9.04. The van der Waals surface area contributed by atoms with Crippen molar-refractivity contribution in [3.05, 3.63) is 81.9 Å². The van der Waals surface area contributed by atoms with Crippen molar-refractivity contribution in [2.24, 2.45) is 0 Å². The van der Waals surface area contributed by atoms with Crippen LogP contribution in [0.15, 0.2) is 70.7 Å². The largest absolute Gasteiger partial charge is 0.477 e. The van der Waals surface area contributed by atoms with Gasteiger partial charge in [0.2, 0.25) is 5.91 Å². The van der Waals surface area contributed by atoms with Crippen molar-refractivity contribution in [2.45, 2.75) is 24.4 Å². The van der Waals surface area contributed by atoms with Crippen molar-refractivity contribution in [3.8, 4) is 0 Å². The number of aromatic amines is 1. The second-order valence-corrected chi connectivity index (χ2v) is 9.51. The van der Waals surface area contributed by atoms with Crippen LogP contribution in [-0.4, -0.2) is 60.5 Å². The summed E-state index contributed by atoms with van der Waals surface area (Å²) < 4.78 is 0.901. The van der Waals surface area contributed by atoms with Gasteiger partial charge in [0.05, 0.1) is 11.0 Å². The lowest BCUT2D eigenvalue weighted by Gasteiger charge is -2.49. The van der Waals surface area contributed by atoms with E-state index < -0.39 is 47.0 Å². The Morgan fingerprint density at radius 2 is 1.78 bits per heavy atom. The molecule has 2 aliphatic heterocycles. The van der Waals surface area contributed by atoms with Gasteiger partial charge in [-0.2, -0.15) is 0 Å². The summed E-state index contributed by atoms with van der Waals surface area (Å²) in [5.74, 6) is -1.99. The van der Waals surface area contributed by atoms with Gasteiger partial charge in [0.1, 0.15) is 23.2 Å². The standard InChI is InChI=1S/C24H21N5O6S/c1-12-11-36-21-17(20(31)29(21)18(12)22(32)33)26-19(30)16(13-7-3-2-4-8-13)27-24(35)28-15-10-6-5-9-14(15)25-23(28)34/h2-10,16-17,21H,11H2,1H3,(H,25,34)(H,26,30)(H,27,35)(H,32,33)/t16?,17?,21-/m0/s1. The van der Waals surface area contributed by atoms with Gasteiger partial charge in [-0.15, -0.1) is 11.8 Å². The van der Waals surface area contributed by atoms with Crippen molar-refractivity contribution < 1.29 is 24.3 Å². The highest BCUT2D eigenvalue weighted by molar-refractivity contribution is 8.00. The second-order valence-electron chi connectivity index (χ2n) is 8.41. The summed E-state index contributed by atoms with van der Waals surface area (Å²) in [6.45, 7) is 1.65. The molecule has 2 unspecified atom stereocenters. The third kappa shape index (κ3) is 3.85. The number of para-hydroxylation sites is 2. The first-order valence-corrected chi connectivity index (χ1v) is 12.1. The van der Waals surface area contributed by atoms with Crippen LogP contribution in [0.3, 0.4) is 0 Å². The number of hydrogen-bond acceptors (Lipinski definition) is 6. The maximum atomic E-state index is 13.4. The molecule has 0 spiro atoms. The zero-order valence-corrected chi connectivity index (χ0v) is 19.7. The molecule has 3 aromatic rings. The number of amides is 3. The van der Waals surface area contributed by atoms with Crippen LogP contribution in [0, 0.1) is 0 Å². The molecule has 0 radical (unpaired) electrons. The molecule has 1 fully saturated rings. The molecule has 3 amide bonds. The molecule has 4 N–H and O–H groups in total. The Labute approximate surface area is 208 Å². The van der Waals surface area contributed by atoms with Crippen molar-refractivity contribution >= 4 is 46.6 Å². The normalized spacial score (nSPS) is 19.9. The van der Waals surface area contributed by atoms with Gasteiger partial charge in [0, 0.05) is 5.75 Å². The Balaban J connectivity index is 1.40. The van der Waals surface area contributed by atoms with Gasteiger partial charge < -0.3 is 20.7 Å². The fraction of sp³-hybridized carbons (Fsp3) is 0.208. The molecular weight excluding hydrogens is 486 g/mol. The molecule has 3 atom stereocenters. The number of thioether (sulfide) groups is 1. The Kier molecular flexibility index (Phi) is 5.88. The Morgan fingerprint density at radius 3 is 2.50 bits per heavy atom. The lowest BCUT2D eigenvalue weighted by Crippen LogP contribution is -2.71. The molecule has 1 aromatic heterocycles. The number of fused-ring (bicyclic) bond motifs is 2.